The van der Waals surface area contributed by atoms with Gasteiger partial charge in [-0.1, -0.05) is 29.3 Å². The average molecular weight is 308 g/mol. The van der Waals surface area contributed by atoms with Gasteiger partial charge in [-0.25, -0.2) is 0 Å². The third-order valence-corrected chi connectivity index (χ3v) is 4.33. The van der Waals surface area contributed by atoms with E-state index in [9.17, 15) is 4.79 Å². The lowest BCUT2D eigenvalue weighted by Gasteiger charge is -2.30. The standard InChI is InChI=1S/C20H24N2O/c1-15-12-16(2)14-17(13-15)20(23)21-18-8-4-5-9-19(18)22-10-6-3-7-11-22/h4-5,8-9,12-14H,3,6-7,10-11H2,1-2H3,(H,21,23). The van der Waals surface area contributed by atoms with E-state index in [2.05, 4.69) is 22.3 Å². The molecular formula is C20H24N2O. The Morgan fingerprint density at radius 3 is 2.30 bits per heavy atom. The van der Waals surface area contributed by atoms with Crippen molar-refractivity contribution in [2.45, 2.75) is 33.1 Å². The first-order chi connectivity index (χ1) is 11.1. The second-order valence-corrected chi connectivity index (χ2v) is 6.40. The number of hydrogen-bond acceptors (Lipinski definition) is 2. The maximum Gasteiger partial charge on any atom is 0.255 e. The Balaban J connectivity index is 1.83. The predicted molar refractivity (Wildman–Crippen MR) is 96.4 cm³/mol. The number of carbonyl (C=O) groups excluding carboxylic acids is 1. The zero-order valence-corrected chi connectivity index (χ0v) is 13.9. The molecule has 0 bridgehead atoms. The molecule has 0 atom stereocenters. The fraction of sp³-hybridized carbons (Fsp3) is 0.350. The Morgan fingerprint density at radius 1 is 0.957 bits per heavy atom. The highest BCUT2D eigenvalue weighted by molar-refractivity contribution is 6.06. The van der Waals surface area contributed by atoms with Crippen LogP contribution in [0.3, 0.4) is 0 Å². The molecule has 2 aromatic rings. The monoisotopic (exact) mass is 308 g/mol. The van der Waals surface area contributed by atoms with Crippen LogP contribution in [0.25, 0.3) is 0 Å². The van der Waals surface area contributed by atoms with E-state index in [1.165, 1.54) is 19.3 Å². The molecule has 1 aliphatic heterocycles. The fourth-order valence-electron chi connectivity index (χ4n) is 3.29. The summed E-state index contributed by atoms with van der Waals surface area (Å²) in [5, 5.41) is 3.10. The van der Waals surface area contributed by atoms with E-state index in [0.717, 1.165) is 41.2 Å². The topological polar surface area (TPSA) is 32.3 Å². The van der Waals surface area contributed by atoms with Gasteiger partial charge in [-0.2, -0.15) is 0 Å². The van der Waals surface area contributed by atoms with Gasteiger partial charge in [0.15, 0.2) is 0 Å². The second kappa shape index (κ2) is 6.86. The third-order valence-electron chi connectivity index (χ3n) is 4.33. The Labute approximate surface area is 138 Å². The van der Waals surface area contributed by atoms with Crippen molar-refractivity contribution in [3.8, 4) is 0 Å². The van der Waals surface area contributed by atoms with Crippen LogP contribution in [0.1, 0.15) is 40.7 Å². The second-order valence-electron chi connectivity index (χ2n) is 6.40. The van der Waals surface area contributed by atoms with Crippen molar-refractivity contribution < 1.29 is 4.79 Å². The van der Waals surface area contributed by atoms with Crippen LogP contribution in [0, 0.1) is 13.8 Å². The summed E-state index contributed by atoms with van der Waals surface area (Å²) in [5.74, 6) is -0.0405. The number of hydrogen-bond donors (Lipinski definition) is 1. The lowest BCUT2D eigenvalue weighted by molar-refractivity contribution is 0.102. The molecule has 1 saturated heterocycles. The number of anilines is 2. The number of amides is 1. The van der Waals surface area contributed by atoms with Gasteiger partial charge in [0.05, 0.1) is 11.4 Å². The zero-order chi connectivity index (χ0) is 16.2. The van der Waals surface area contributed by atoms with Crippen LogP contribution in [0.2, 0.25) is 0 Å². The molecule has 1 N–H and O–H groups in total. The molecule has 3 rings (SSSR count). The quantitative estimate of drug-likeness (QED) is 0.902. The van der Waals surface area contributed by atoms with Gasteiger partial charge < -0.3 is 10.2 Å². The van der Waals surface area contributed by atoms with E-state index in [1.54, 1.807) is 0 Å². The van der Waals surface area contributed by atoms with E-state index in [-0.39, 0.29) is 5.91 Å². The lowest BCUT2D eigenvalue weighted by atomic mass is 10.1. The summed E-state index contributed by atoms with van der Waals surface area (Å²) in [6.07, 6.45) is 3.74. The van der Waals surface area contributed by atoms with Gasteiger partial charge in [0, 0.05) is 18.7 Å². The van der Waals surface area contributed by atoms with E-state index in [4.69, 9.17) is 0 Å². The van der Waals surface area contributed by atoms with Gasteiger partial charge in [0.1, 0.15) is 0 Å². The van der Waals surface area contributed by atoms with Crippen LogP contribution in [-0.4, -0.2) is 19.0 Å². The van der Waals surface area contributed by atoms with Gasteiger partial charge in [0.25, 0.3) is 5.91 Å². The summed E-state index contributed by atoms with van der Waals surface area (Å²) in [5.41, 5.74) is 4.97. The van der Waals surface area contributed by atoms with Gasteiger partial charge in [-0.15, -0.1) is 0 Å². The van der Waals surface area contributed by atoms with Crippen LogP contribution in [-0.2, 0) is 0 Å². The van der Waals surface area contributed by atoms with Crippen LogP contribution in [0.15, 0.2) is 42.5 Å². The summed E-state index contributed by atoms with van der Waals surface area (Å²) >= 11 is 0. The average Bonchev–Trinajstić information content (AvgIpc) is 2.55. The predicted octanol–water partition coefficient (Wildman–Crippen LogP) is 4.55. The minimum atomic E-state index is -0.0405. The van der Waals surface area contributed by atoms with E-state index >= 15 is 0 Å². The number of nitrogens with zero attached hydrogens (tertiary/aromatic N) is 1. The number of benzene rings is 2. The molecular weight excluding hydrogens is 284 g/mol. The van der Waals surface area contributed by atoms with Crippen molar-refractivity contribution in [3.05, 3.63) is 59.2 Å². The molecule has 0 unspecified atom stereocenters. The van der Waals surface area contributed by atoms with Crippen molar-refractivity contribution >= 4 is 17.3 Å². The summed E-state index contributed by atoms with van der Waals surface area (Å²) in [7, 11) is 0. The van der Waals surface area contributed by atoms with Gasteiger partial charge in [-0.3, -0.25) is 4.79 Å². The number of carbonyl (C=O) groups is 1. The Bertz CT molecular complexity index is 682. The normalized spacial score (nSPS) is 14.6. The number of aryl methyl sites for hydroxylation is 2. The number of nitrogens with one attached hydrogen (secondary N) is 1. The van der Waals surface area contributed by atoms with E-state index in [0.29, 0.717) is 0 Å². The minimum Gasteiger partial charge on any atom is -0.370 e. The lowest BCUT2D eigenvalue weighted by Crippen LogP contribution is -2.30. The highest BCUT2D eigenvalue weighted by Crippen LogP contribution is 2.28. The molecule has 0 saturated carbocycles. The molecule has 0 aromatic heterocycles. The maximum absolute atomic E-state index is 12.6. The number of piperidine rings is 1. The molecule has 23 heavy (non-hydrogen) atoms. The molecule has 0 radical (unpaired) electrons. The van der Waals surface area contributed by atoms with Crippen LogP contribution in [0.5, 0.6) is 0 Å². The molecule has 3 nitrogen and oxygen atoms in total. The van der Waals surface area contributed by atoms with Crippen molar-refractivity contribution in [3.63, 3.8) is 0 Å². The van der Waals surface area contributed by atoms with E-state index < -0.39 is 0 Å². The fourth-order valence-corrected chi connectivity index (χ4v) is 3.29. The van der Waals surface area contributed by atoms with Crippen molar-refractivity contribution in [2.24, 2.45) is 0 Å². The summed E-state index contributed by atoms with van der Waals surface area (Å²) in [6, 6.07) is 14.1. The first-order valence-electron chi connectivity index (χ1n) is 8.37. The zero-order valence-electron chi connectivity index (χ0n) is 13.9. The van der Waals surface area contributed by atoms with Crippen LogP contribution < -0.4 is 10.2 Å². The summed E-state index contributed by atoms with van der Waals surface area (Å²) < 4.78 is 0. The Hall–Kier alpha value is -2.29. The molecule has 1 aliphatic rings. The number of rotatable bonds is 3. The molecule has 0 aliphatic carbocycles. The Kier molecular flexibility index (Phi) is 4.65. The molecule has 1 fully saturated rings. The number of para-hydroxylation sites is 2. The molecule has 1 heterocycles. The van der Waals surface area contributed by atoms with Crippen molar-refractivity contribution in [2.75, 3.05) is 23.3 Å². The first-order valence-corrected chi connectivity index (χ1v) is 8.37. The molecule has 0 spiro atoms. The van der Waals surface area contributed by atoms with Crippen molar-refractivity contribution in [1.29, 1.82) is 0 Å². The smallest absolute Gasteiger partial charge is 0.255 e. The largest absolute Gasteiger partial charge is 0.370 e. The van der Waals surface area contributed by atoms with Crippen LogP contribution in [0.4, 0.5) is 11.4 Å². The SMILES string of the molecule is Cc1cc(C)cc(C(=O)Nc2ccccc2N2CCCCC2)c1. The highest BCUT2D eigenvalue weighted by Gasteiger charge is 2.16. The molecule has 1 amide bonds. The van der Waals surface area contributed by atoms with Crippen LogP contribution >= 0.6 is 0 Å². The summed E-state index contributed by atoms with van der Waals surface area (Å²) in [6.45, 7) is 6.17. The molecule has 2 aromatic carbocycles. The summed E-state index contributed by atoms with van der Waals surface area (Å²) in [4.78, 5) is 15.0. The van der Waals surface area contributed by atoms with Gasteiger partial charge in [-0.05, 0) is 57.4 Å². The third kappa shape index (κ3) is 3.73. The Morgan fingerprint density at radius 2 is 1.61 bits per heavy atom. The molecule has 3 heteroatoms. The van der Waals surface area contributed by atoms with Crippen molar-refractivity contribution in [1.82, 2.24) is 0 Å². The highest BCUT2D eigenvalue weighted by atomic mass is 16.1. The van der Waals surface area contributed by atoms with E-state index in [1.807, 2.05) is 44.2 Å². The maximum atomic E-state index is 12.6. The first kappa shape index (κ1) is 15.6. The van der Waals surface area contributed by atoms with Gasteiger partial charge >= 0.3 is 0 Å². The molecule has 120 valence electrons. The van der Waals surface area contributed by atoms with Gasteiger partial charge in [0.2, 0.25) is 0 Å². The minimum absolute atomic E-state index is 0.0405.